The molecule has 1 unspecified atom stereocenters. The van der Waals surface area contributed by atoms with E-state index in [0.29, 0.717) is 6.04 Å². The molecule has 0 aliphatic heterocycles. The van der Waals surface area contributed by atoms with Crippen LogP contribution >= 0.6 is 0 Å². The van der Waals surface area contributed by atoms with E-state index >= 15 is 0 Å². The molecule has 0 fully saturated rings. The van der Waals surface area contributed by atoms with Crippen molar-refractivity contribution in [2.75, 3.05) is 6.54 Å². The van der Waals surface area contributed by atoms with Gasteiger partial charge in [0.2, 0.25) is 0 Å². The third-order valence-corrected chi connectivity index (χ3v) is 4.09. The lowest BCUT2D eigenvalue weighted by Crippen LogP contribution is -2.25. The first-order chi connectivity index (χ1) is 8.81. The van der Waals surface area contributed by atoms with Crippen molar-refractivity contribution in [3.63, 3.8) is 0 Å². The van der Waals surface area contributed by atoms with Crippen LogP contribution in [0.5, 0.6) is 0 Å². The monoisotopic (exact) mass is 242 g/mol. The summed E-state index contributed by atoms with van der Waals surface area (Å²) in [5, 5.41) is 5.11. The molecule has 2 heteroatoms. The van der Waals surface area contributed by atoms with Crippen LogP contribution in [0.2, 0.25) is 0 Å². The normalized spacial score (nSPS) is 19.1. The first kappa shape index (κ1) is 11.8. The zero-order chi connectivity index (χ0) is 12.5. The average molecular weight is 242 g/mol. The highest BCUT2D eigenvalue weighted by molar-refractivity contribution is 5.87. The number of hydrogen-bond acceptors (Lipinski definition) is 1. The summed E-state index contributed by atoms with van der Waals surface area (Å²) in [5.41, 5.74) is 5.69. The molecular formula is C16H22N2. The third kappa shape index (κ3) is 1.85. The summed E-state index contributed by atoms with van der Waals surface area (Å²) >= 11 is 0. The Labute approximate surface area is 109 Å². The molecule has 18 heavy (non-hydrogen) atoms. The van der Waals surface area contributed by atoms with Crippen molar-refractivity contribution >= 4 is 10.9 Å². The van der Waals surface area contributed by atoms with Crippen molar-refractivity contribution in [1.29, 1.82) is 0 Å². The fourth-order valence-electron chi connectivity index (χ4n) is 3.16. The molecule has 2 aromatic rings. The van der Waals surface area contributed by atoms with Gasteiger partial charge in [-0.1, -0.05) is 25.1 Å². The number of nitrogens with one attached hydrogen (secondary N) is 2. The molecule has 96 valence electrons. The van der Waals surface area contributed by atoms with Crippen molar-refractivity contribution in [3.8, 4) is 0 Å². The van der Waals surface area contributed by atoms with Gasteiger partial charge in [-0.2, -0.15) is 0 Å². The van der Waals surface area contributed by atoms with Gasteiger partial charge in [-0.15, -0.1) is 0 Å². The Morgan fingerprint density at radius 3 is 3.11 bits per heavy atom. The summed E-state index contributed by atoms with van der Waals surface area (Å²) in [4.78, 5) is 3.68. The summed E-state index contributed by atoms with van der Waals surface area (Å²) in [6.45, 7) is 5.53. The molecule has 0 saturated carbocycles. The summed E-state index contributed by atoms with van der Waals surface area (Å²) in [6.07, 6.45) is 4.99. The van der Waals surface area contributed by atoms with Crippen molar-refractivity contribution < 1.29 is 0 Å². The molecule has 0 radical (unpaired) electrons. The van der Waals surface area contributed by atoms with E-state index in [0.717, 1.165) is 6.54 Å². The average Bonchev–Trinajstić information content (AvgIpc) is 2.77. The molecular weight excluding hydrogens is 220 g/mol. The zero-order valence-electron chi connectivity index (χ0n) is 11.3. The lowest BCUT2D eigenvalue weighted by molar-refractivity contribution is 0.454. The predicted molar refractivity (Wildman–Crippen MR) is 77.0 cm³/mol. The van der Waals surface area contributed by atoms with Crippen molar-refractivity contribution in [1.82, 2.24) is 10.3 Å². The van der Waals surface area contributed by atoms with E-state index in [4.69, 9.17) is 0 Å². The van der Waals surface area contributed by atoms with Gasteiger partial charge in [0.15, 0.2) is 0 Å². The van der Waals surface area contributed by atoms with Crippen LogP contribution in [-0.2, 0) is 6.42 Å². The van der Waals surface area contributed by atoms with E-state index in [9.17, 15) is 0 Å². The van der Waals surface area contributed by atoms with Gasteiger partial charge < -0.3 is 10.3 Å². The topological polar surface area (TPSA) is 27.8 Å². The Hall–Kier alpha value is -1.28. The van der Waals surface area contributed by atoms with E-state index in [1.165, 1.54) is 47.8 Å². The first-order valence-electron chi connectivity index (χ1n) is 7.14. The standard InChI is InChI=1S/C16H22N2/c1-3-10-17-14-9-5-8-13-12-7-4-6-11(2)15(12)18-16(13)14/h4,6-7,14,17-18H,3,5,8-10H2,1-2H3. The molecule has 0 amide bonds. The van der Waals surface area contributed by atoms with E-state index in [1.54, 1.807) is 5.56 Å². The number of fused-ring (bicyclic) bond motifs is 3. The van der Waals surface area contributed by atoms with Crippen molar-refractivity contribution in [3.05, 3.63) is 35.0 Å². The van der Waals surface area contributed by atoms with Gasteiger partial charge in [-0.25, -0.2) is 0 Å². The van der Waals surface area contributed by atoms with Crippen molar-refractivity contribution in [2.45, 2.75) is 45.6 Å². The minimum absolute atomic E-state index is 0.528. The molecule has 1 aromatic carbocycles. The second-order valence-corrected chi connectivity index (χ2v) is 5.41. The SMILES string of the molecule is CCCNC1CCCc2c1[nH]c1c(C)cccc21. The molecule has 1 aliphatic carbocycles. The van der Waals surface area contributed by atoms with Crippen LogP contribution in [0.3, 0.4) is 0 Å². The van der Waals surface area contributed by atoms with Gasteiger partial charge in [0.1, 0.15) is 0 Å². The lowest BCUT2D eigenvalue weighted by Gasteiger charge is -2.23. The van der Waals surface area contributed by atoms with Crippen LogP contribution in [0, 0.1) is 6.92 Å². The second-order valence-electron chi connectivity index (χ2n) is 5.41. The number of H-pyrrole nitrogens is 1. The van der Waals surface area contributed by atoms with Gasteiger partial charge in [-0.3, -0.25) is 0 Å². The number of hydrogen-bond donors (Lipinski definition) is 2. The van der Waals surface area contributed by atoms with Gasteiger partial charge in [0.25, 0.3) is 0 Å². The van der Waals surface area contributed by atoms with Gasteiger partial charge in [0.05, 0.1) is 0 Å². The van der Waals surface area contributed by atoms with Gasteiger partial charge >= 0.3 is 0 Å². The molecule has 1 aromatic heterocycles. The Morgan fingerprint density at radius 2 is 2.28 bits per heavy atom. The molecule has 1 heterocycles. The number of benzene rings is 1. The van der Waals surface area contributed by atoms with E-state index in [-0.39, 0.29) is 0 Å². The van der Waals surface area contributed by atoms with Crippen LogP contribution in [0.4, 0.5) is 0 Å². The van der Waals surface area contributed by atoms with E-state index in [1.807, 2.05) is 0 Å². The minimum Gasteiger partial charge on any atom is -0.357 e. The number of para-hydroxylation sites is 1. The fraction of sp³-hybridized carbons (Fsp3) is 0.500. The highest BCUT2D eigenvalue weighted by Crippen LogP contribution is 2.35. The number of aromatic nitrogens is 1. The van der Waals surface area contributed by atoms with Crippen molar-refractivity contribution in [2.24, 2.45) is 0 Å². The maximum Gasteiger partial charge on any atom is 0.0489 e. The summed E-state index contributed by atoms with van der Waals surface area (Å²) < 4.78 is 0. The van der Waals surface area contributed by atoms with Crippen LogP contribution in [0.25, 0.3) is 10.9 Å². The molecule has 0 bridgehead atoms. The van der Waals surface area contributed by atoms with E-state index in [2.05, 4.69) is 42.3 Å². The molecule has 1 aliphatic rings. The fourth-order valence-corrected chi connectivity index (χ4v) is 3.16. The van der Waals surface area contributed by atoms with Crippen LogP contribution in [-0.4, -0.2) is 11.5 Å². The molecule has 3 rings (SSSR count). The Kier molecular flexibility index (Phi) is 3.13. The number of aryl methyl sites for hydroxylation is 2. The largest absolute Gasteiger partial charge is 0.357 e. The Bertz CT molecular complexity index is 553. The summed E-state index contributed by atoms with van der Waals surface area (Å²) in [5.74, 6) is 0. The minimum atomic E-state index is 0.528. The molecule has 2 N–H and O–H groups in total. The summed E-state index contributed by atoms with van der Waals surface area (Å²) in [7, 11) is 0. The maximum absolute atomic E-state index is 3.68. The third-order valence-electron chi connectivity index (χ3n) is 4.09. The highest BCUT2D eigenvalue weighted by Gasteiger charge is 2.23. The Balaban J connectivity index is 2.07. The van der Waals surface area contributed by atoms with Crippen LogP contribution in [0.1, 0.15) is 49.0 Å². The Morgan fingerprint density at radius 1 is 1.39 bits per heavy atom. The molecule has 0 saturated heterocycles. The molecule has 2 nitrogen and oxygen atoms in total. The van der Waals surface area contributed by atoms with Crippen LogP contribution < -0.4 is 5.32 Å². The van der Waals surface area contributed by atoms with Crippen LogP contribution in [0.15, 0.2) is 18.2 Å². The number of rotatable bonds is 3. The van der Waals surface area contributed by atoms with E-state index < -0.39 is 0 Å². The maximum atomic E-state index is 3.68. The lowest BCUT2D eigenvalue weighted by atomic mass is 9.91. The predicted octanol–water partition coefficient (Wildman–Crippen LogP) is 3.85. The second kappa shape index (κ2) is 4.77. The molecule has 1 atom stereocenters. The first-order valence-corrected chi connectivity index (χ1v) is 7.14. The van der Waals surface area contributed by atoms with Gasteiger partial charge in [-0.05, 0) is 50.3 Å². The number of aromatic amines is 1. The molecule has 0 spiro atoms. The summed E-state index contributed by atoms with van der Waals surface area (Å²) in [6, 6.07) is 7.16. The highest BCUT2D eigenvalue weighted by atomic mass is 14.9. The quantitative estimate of drug-likeness (QED) is 0.840. The smallest absolute Gasteiger partial charge is 0.0489 e. The zero-order valence-corrected chi connectivity index (χ0v) is 11.3. The van der Waals surface area contributed by atoms with Gasteiger partial charge in [0, 0.05) is 22.6 Å².